The van der Waals surface area contributed by atoms with Crippen molar-refractivity contribution in [2.24, 2.45) is 5.92 Å². The molecule has 0 bridgehead atoms. The summed E-state index contributed by atoms with van der Waals surface area (Å²) >= 11 is 0. The SMILES string of the molecule is CNCC1CCN(C(C)C)C1c1ccccc1C1CC1. The van der Waals surface area contributed by atoms with Gasteiger partial charge in [-0.15, -0.1) is 0 Å². The van der Waals surface area contributed by atoms with E-state index in [4.69, 9.17) is 0 Å². The lowest BCUT2D eigenvalue weighted by molar-refractivity contribution is 0.181. The van der Waals surface area contributed by atoms with Gasteiger partial charge in [0.2, 0.25) is 0 Å². The Hall–Kier alpha value is -0.860. The van der Waals surface area contributed by atoms with Gasteiger partial charge in [0.25, 0.3) is 0 Å². The first kappa shape index (κ1) is 14.1. The quantitative estimate of drug-likeness (QED) is 0.882. The van der Waals surface area contributed by atoms with E-state index in [0.29, 0.717) is 12.1 Å². The summed E-state index contributed by atoms with van der Waals surface area (Å²) < 4.78 is 0. The highest BCUT2D eigenvalue weighted by Crippen LogP contribution is 2.47. The molecule has 1 N–H and O–H groups in total. The summed E-state index contributed by atoms with van der Waals surface area (Å²) in [6.07, 6.45) is 4.10. The van der Waals surface area contributed by atoms with E-state index < -0.39 is 0 Å². The monoisotopic (exact) mass is 272 g/mol. The maximum atomic E-state index is 3.41. The highest BCUT2D eigenvalue weighted by atomic mass is 15.2. The van der Waals surface area contributed by atoms with Crippen molar-refractivity contribution in [2.75, 3.05) is 20.1 Å². The molecule has 0 amide bonds. The van der Waals surface area contributed by atoms with Gasteiger partial charge in [0.05, 0.1) is 0 Å². The van der Waals surface area contributed by atoms with E-state index in [-0.39, 0.29) is 0 Å². The first-order valence-corrected chi connectivity index (χ1v) is 8.21. The lowest BCUT2D eigenvalue weighted by atomic mass is 9.88. The number of nitrogens with one attached hydrogen (secondary N) is 1. The van der Waals surface area contributed by atoms with Crippen molar-refractivity contribution < 1.29 is 0 Å². The van der Waals surface area contributed by atoms with Gasteiger partial charge in [-0.1, -0.05) is 24.3 Å². The van der Waals surface area contributed by atoms with Gasteiger partial charge in [-0.25, -0.2) is 0 Å². The van der Waals surface area contributed by atoms with Gasteiger partial charge in [0.1, 0.15) is 0 Å². The van der Waals surface area contributed by atoms with Gasteiger partial charge >= 0.3 is 0 Å². The molecule has 2 aliphatic rings. The van der Waals surface area contributed by atoms with E-state index in [0.717, 1.165) is 18.4 Å². The molecule has 1 aliphatic carbocycles. The summed E-state index contributed by atoms with van der Waals surface area (Å²) in [4.78, 5) is 2.71. The Morgan fingerprint density at radius 2 is 1.85 bits per heavy atom. The Morgan fingerprint density at radius 1 is 1.15 bits per heavy atom. The number of rotatable bonds is 5. The minimum Gasteiger partial charge on any atom is -0.319 e. The van der Waals surface area contributed by atoms with Crippen LogP contribution in [-0.2, 0) is 0 Å². The van der Waals surface area contributed by atoms with Crippen molar-refractivity contribution >= 4 is 0 Å². The molecule has 0 spiro atoms. The molecule has 1 aromatic carbocycles. The highest BCUT2D eigenvalue weighted by Gasteiger charge is 2.38. The summed E-state index contributed by atoms with van der Waals surface area (Å²) in [5.41, 5.74) is 3.24. The van der Waals surface area contributed by atoms with E-state index in [1.54, 1.807) is 11.1 Å². The zero-order valence-electron chi connectivity index (χ0n) is 13.1. The summed E-state index contributed by atoms with van der Waals surface area (Å²) in [5.74, 6) is 1.60. The first-order valence-electron chi connectivity index (χ1n) is 8.21. The summed E-state index contributed by atoms with van der Waals surface area (Å²) in [5, 5.41) is 3.41. The third kappa shape index (κ3) is 2.64. The van der Waals surface area contributed by atoms with Crippen molar-refractivity contribution in [3.63, 3.8) is 0 Å². The molecule has 2 fully saturated rings. The third-order valence-corrected chi connectivity index (χ3v) is 5.02. The molecule has 1 aromatic rings. The van der Waals surface area contributed by atoms with Crippen LogP contribution in [0, 0.1) is 5.92 Å². The molecule has 20 heavy (non-hydrogen) atoms. The number of benzene rings is 1. The van der Waals surface area contributed by atoms with Crippen molar-refractivity contribution in [1.82, 2.24) is 10.2 Å². The van der Waals surface area contributed by atoms with E-state index in [1.807, 2.05) is 0 Å². The molecular formula is C18H28N2. The Morgan fingerprint density at radius 3 is 2.45 bits per heavy atom. The number of hydrogen-bond donors (Lipinski definition) is 1. The number of hydrogen-bond acceptors (Lipinski definition) is 2. The average molecular weight is 272 g/mol. The van der Waals surface area contributed by atoms with Gasteiger partial charge in [0.15, 0.2) is 0 Å². The molecular weight excluding hydrogens is 244 g/mol. The van der Waals surface area contributed by atoms with Crippen LogP contribution in [0.1, 0.15) is 56.2 Å². The van der Waals surface area contributed by atoms with Gasteiger partial charge < -0.3 is 5.32 Å². The second kappa shape index (κ2) is 5.87. The average Bonchev–Trinajstić information content (AvgIpc) is 3.20. The smallest absolute Gasteiger partial charge is 0.0394 e. The summed E-state index contributed by atoms with van der Waals surface area (Å²) in [7, 11) is 2.09. The van der Waals surface area contributed by atoms with Crippen LogP contribution < -0.4 is 5.32 Å². The summed E-state index contributed by atoms with van der Waals surface area (Å²) in [6, 6.07) is 10.5. The minimum atomic E-state index is 0.610. The zero-order chi connectivity index (χ0) is 14.1. The van der Waals surface area contributed by atoms with Crippen LogP contribution in [0.3, 0.4) is 0 Å². The van der Waals surface area contributed by atoms with E-state index >= 15 is 0 Å². The minimum absolute atomic E-state index is 0.610. The molecule has 2 unspecified atom stereocenters. The summed E-state index contributed by atoms with van der Waals surface area (Å²) in [6.45, 7) is 7.06. The second-order valence-corrected chi connectivity index (χ2v) is 6.79. The Kier molecular flexibility index (Phi) is 4.13. The maximum absolute atomic E-state index is 3.41. The third-order valence-electron chi connectivity index (χ3n) is 5.02. The van der Waals surface area contributed by atoms with E-state index in [1.165, 1.54) is 25.8 Å². The maximum Gasteiger partial charge on any atom is 0.0394 e. The van der Waals surface area contributed by atoms with Crippen LogP contribution >= 0.6 is 0 Å². The normalized spacial score (nSPS) is 27.4. The molecule has 0 aromatic heterocycles. The van der Waals surface area contributed by atoms with Crippen LogP contribution in [-0.4, -0.2) is 31.1 Å². The van der Waals surface area contributed by atoms with Crippen molar-refractivity contribution in [3.8, 4) is 0 Å². The van der Waals surface area contributed by atoms with Crippen LogP contribution in [0.4, 0.5) is 0 Å². The van der Waals surface area contributed by atoms with E-state index in [2.05, 4.69) is 55.4 Å². The molecule has 2 heteroatoms. The standard InChI is InChI=1S/C18H28N2/c1-13(2)20-11-10-15(12-19-3)18(20)17-7-5-4-6-16(17)14-8-9-14/h4-7,13-15,18-19H,8-12H2,1-3H3. The predicted octanol–water partition coefficient (Wildman–Crippen LogP) is 3.55. The van der Waals surface area contributed by atoms with Crippen molar-refractivity contribution in [1.29, 1.82) is 0 Å². The Bertz CT molecular complexity index is 450. The van der Waals surface area contributed by atoms with Crippen molar-refractivity contribution in [2.45, 2.75) is 51.1 Å². The Labute approximate surface area is 123 Å². The molecule has 3 rings (SSSR count). The molecule has 1 heterocycles. The molecule has 110 valence electrons. The predicted molar refractivity (Wildman–Crippen MR) is 85.0 cm³/mol. The lowest BCUT2D eigenvalue weighted by Crippen LogP contribution is -2.34. The number of nitrogens with zero attached hydrogens (tertiary/aromatic N) is 1. The van der Waals surface area contributed by atoms with Crippen molar-refractivity contribution in [3.05, 3.63) is 35.4 Å². The molecule has 2 nitrogen and oxygen atoms in total. The van der Waals surface area contributed by atoms with Gasteiger partial charge in [-0.3, -0.25) is 4.90 Å². The van der Waals surface area contributed by atoms with Crippen LogP contribution in [0.25, 0.3) is 0 Å². The molecule has 0 radical (unpaired) electrons. The molecule has 1 saturated heterocycles. The largest absolute Gasteiger partial charge is 0.319 e. The van der Waals surface area contributed by atoms with Crippen LogP contribution in [0.15, 0.2) is 24.3 Å². The fourth-order valence-electron chi connectivity index (χ4n) is 3.92. The number of likely N-dealkylation sites (tertiary alicyclic amines) is 1. The fraction of sp³-hybridized carbons (Fsp3) is 0.667. The first-order chi connectivity index (χ1) is 9.72. The van der Waals surface area contributed by atoms with E-state index in [9.17, 15) is 0 Å². The highest BCUT2D eigenvalue weighted by molar-refractivity contribution is 5.36. The van der Waals surface area contributed by atoms with Crippen LogP contribution in [0.2, 0.25) is 0 Å². The molecule has 1 saturated carbocycles. The van der Waals surface area contributed by atoms with Gasteiger partial charge in [-0.2, -0.15) is 0 Å². The lowest BCUT2D eigenvalue weighted by Gasteiger charge is -2.33. The van der Waals surface area contributed by atoms with Crippen LogP contribution in [0.5, 0.6) is 0 Å². The van der Waals surface area contributed by atoms with Gasteiger partial charge in [-0.05, 0) is 76.2 Å². The molecule has 2 atom stereocenters. The zero-order valence-corrected chi connectivity index (χ0v) is 13.1. The fourth-order valence-corrected chi connectivity index (χ4v) is 3.92. The van der Waals surface area contributed by atoms with Gasteiger partial charge in [0, 0.05) is 12.1 Å². The Balaban J connectivity index is 1.94. The topological polar surface area (TPSA) is 15.3 Å². The second-order valence-electron chi connectivity index (χ2n) is 6.79. The molecule has 1 aliphatic heterocycles.